The number of allylic oxidation sites excluding steroid dienone is 1. The van der Waals surface area contributed by atoms with Crippen LogP contribution in [0.25, 0.3) is 0 Å². The Bertz CT molecular complexity index is 1040. The second-order valence-corrected chi connectivity index (χ2v) is 11.8. The van der Waals surface area contributed by atoms with Crippen LogP contribution in [0.3, 0.4) is 0 Å². The monoisotopic (exact) mass is 552 g/mol. The molecular formula is C28H35F7O3. The first-order chi connectivity index (χ1) is 17.5. The summed E-state index contributed by atoms with van der Waals surface area (Å²) in [6.07, 6.45) is -4.99. The number of halogens is 7. The summed E-state index contributed by atoms with van der Waals surface area (Å²) in [6.45, 7) is 6.24. The van der Waals surface area contributed by atoms with E-state index in [1.165, 1.54) is 0 Å². The number of aliphatic hydroxyl groups is 2. The van der Waals surface area contributed by atoms with Crippen molar-refractivity contribution in [3.63, 3.8) is 0 Å². The maximum Gasteiger partial charge on any atom is 0.459 e. The summed E-state index contributed by atoms with van der Waals surface area (Å²) in [4.78, 5) is 0. The number of hydrogen-bond donors (Lipinski definition) is 3. The zero-order valence-corrected chi connectivity index (χ0v) is 21.3. The molecule has 0 amide bonds. The van der Waals surface area contributed by atoms with Crippen molar-refractivity contribution in [3.05, 3.63) is 42.0 Å². The first-order valence-corrected chi connectivity index (χ1v) is 13.2. The molecular weight excluding hydrogens is 517 g/mol. The SMILES string of the molecule is C=C[C@@]12CCc3cc(O)ccc3[C@H]1[C@@H](CCCC[C@@H](O)C(F)(F)C(F)(F)C(F)(F)F)C[C@@]1(C)[C@H]2CC[C@@H]1O. The first kappa shape index (κ1) is 29.2. The maximum absolute atomic E-state index is 13.8. The average molecular weight is 553 g/mol. The molecule has 3 aliphatic rings. The molecule has 38 heavy (non-hydrogen) atoms. The van der Waals surface area contributed by atoms with Gasteiger partial charge in [-0.05, 0) is 96.8 Å². The van der Waals surface area contributed by atoms with E-state index < -0.39 is 42.1 Å². The van der Waals surface area contributed by atoms with Gasteiger partial charge in [-0.25, -0.2) is 0 Å². The lowest BCUT2D eigenvalue weighted by Gasteiger charge is -2.60. The highest BCUT2D eigenvalue weighted by molar-refractivity contribution is 5.43. The number of phenols is 1. The molecule has 2 saturated carbocycles. The minimum absolute atomic E-state index is 0.0337. The fourth-order valence-electron chi connectivity index (χ4n) is 8.02. The van der Waals surface area contributed by atoms with Gasteiger partial charge in [0.05, 0.1) is 6.10 Å². The number of unbranched alkanes of at least 4 members (excludes halogenated alkanes) is 1. The second kappa shape index (κ2) is 9.68. The second-order valence-electron chi connectivity index (χ2n) is 11.8. The Morgan fingerprint density at radius 3 is 2.42 bits per heavy atom. The van der Waals surface area contributed by atoms with E-state index in [0.717, 1.165) is 30.4 Å². The Morgan fingerprint density at radius 1 is 1.11 bits per heavy atom. The molecule has 0 bridgehead atoms. The van der Waals surface area contributed by atoms with Gasteiger partial charge in [0.2, 0.25) is 0 Å². The molecule has 3 N–H and O–H groups in total. The van der Waals surface area contributed by atoms with Gasteiger partial charge in [-0.15, -0.1) is 6.58 Å². The normalized spacial score (nSPS) is 34.3. The van der Waals surface area contributed by atoms with Crippen LogP contribution in [0.15, 0.2) is 30.9 Å². The van der Waals surface area contributed by atoms with Gasteiger partial charge in [-0.3, -0.25) is 0 Å². The summed E-state index contributed by atoms with van der Waals surface area (Å²) in [6, 6.07) is 5.24. The van der Waals surface area contributed by atoms with E-state index in [0.29, 0.717) is 19.3 Å². The van der Waals surface area contributed by atoms with Gasteiger partial charge in [0.1, 0.15) is 11.9 Å². The van der Waals surface area contributed by atoms with E-state index in [9.17, 15) is 46.1 Å². The number of rotatable bonds is 8. The fraction of sp³-hybridized carbons (Fsp3) is 0.714. The minimum atomic E-state index is -6.48. The van der Waals surface area contributed by atoms with Gasteiger partial charge < -0.3 is 15.3 Å². The zero-order valence-electron chi connectivity index (χ0n) is 21.3. The molecule has 1 aromatic rings. The number of fused-ring (bicyclic) bond motifs is 5. The molecule has 0 saturated heterocycles. The lowest BCUT2D eigenvalue weighted by atomic mass is 9.44. The van der Waals surface area contributed by atoms with Crippen molar-refractivity contribution in [2.24, 2.45) is 22.7 Å². The van der Waals surface area contributed by atoms with Gasteiger partial charge in [-0.1, -0.05) is 31.9 Å². The number of aryl methyl sites for hydroxylation is 1. The van der Waals surface area contributed by atoms with Gasteiger partial charge in [0.15, 0.2) is 0 Å². The minimum Gasteiger partial charge on any atom is -0.508 e. The third-order valence-corrected chi connectivity index (χ3v) is 9.85. The number of hydrogen-bond acceptors (Lipinski definition) is 3. The van der Waals surface area contributed by atoms with E-state index in [4.69, 9.17) is 0 Å². The van der Waals surface area contributed by atoms with Crippen LogP contribution >= 0.6 is 0 Å². The van der Waals surface area contributed by atoms with Crippen LogP contribution in [0.5, 0.6) is 5.75 Å². The molecule has 1 aromatic carbocycles. The van der Waals surface area contributed by atoms with Crippen molar-refractivity contribution in [1.29, 1.82) is 0 Å². The third-order valence-electron chi connectivity index (χ3n) is 9.85. The average Bonchev–Trinajstić information content (AvgIpc) is 3.14. The van der Waals surface area contributed by atoms with Crippen molar-refractivity contribution in [1.82, 2.24) is 0 Å². The zero-order chi connectivity index (χ0) is 28.3. The predicted molar refractivity (Wildman–Crippen MR) is 127 cm³/mol. The number of benzene rings is 1. The van der Waals surface area contributed by atoms with E-state index in [1.807, 2.05) is 12.1 Å². The van der Waals surface area contributed by atoms with Crippen molar-refractivity contribution < 1.29 is 46.1 Å². The van der Waals surface area contributed by atoms with Crippen LogP contribution in [-0.4, -0.2) is 45.5 Å². The largest absolute Gasteiger partial charge is 0.508 e. The maximum atomic E-state index is 13.8. The number of alkyl halides is 7. The van der Waals surface area contributed by atoms with Gasteiger partial charge in [0.25, 0.3) is 0 Å². The summed E-state index contributed by atoms with van der Waals surface area (Å²) in [7, 11) is 0. The molecule has 0 radical (unpaired) electrons. The molecule has 3 aliphatic carbocycles. The molecule has 7 atom stereocenters. The highest BCUT2D eigenvalue weighted by Crippen LogP contribution is 2.69. The Morgan fingerprint density at radius 2 is 1.79 bits per heavy atom. The summed E-state index contributed by atoms with van der Waals surface area (Å²) in [5.41, 5.74) is 1.30. The molecule has 3 nitrogen and oxygen atoms in total. The molecule has 4 rings (SSSR count). The standard InChI is InChI=1S/C28H35F7O3/c1-3-25-13-12-16-14-18(36)8-9-19(16)23(25)17(15-24(2)20(25)10-11-21(24)37)6-4-5-7-22(38)26(29,30)27(31,32)28(33,34)35/h3,8-9,14,17,20-23,36-38H,1,4-7,10-13,15H2,2H3/t17-,20+,21-,22+,23+,24-,25-/m0/s1. The van der Waals surface area contributed by atoms with Gasteiger partial charge >= 0.3 is 18.0 Å². The quantitative estimate of drug-likeness (QED) is 0.182. The van der Waals surface area contributed by atoms with Crippen LogP contribution in [0.2, 0.25) is 0 Å². The summed E-state index contributed by atoms with van der Waals surface area (Å²) in [5.74, 6) is -11.8. The Kier molecular flexibility index (Phi) is 7.43. The third kappa shape index (κ3) is 4.34. The lowest BCUT2D eigenvalue weighted by Crippen LogP contribution is -2.57. The number of aromatic hydroxyl groups is 1. The molecule has 214 valence electrons. The molecule has 10 heteroatoms. The number of phenolic OH excluding ortho intramolecular Hbond substituents is 1. The van der Waals surface area contributed by atoms with Crippen LogP contribution in [0.4, 0.5) is 30.7 Å². The topological polar surface area (TPSA) is 60.7 Å². The van der Waals surface area contributed by atoms with Crippen molar-refractivity contribution >= 4 is 0 Å². The summed E-state index contributed by atoms with van der Waals surface area (Å²) >= 11 is 0. The van der Waals surface area contributed by atoms with Crippen LogP contribution in [0, 0.1) is 22.7 Å². The predicted octanol–water partition coefficient (Wildman–Crippen LogP) is 7.15. The molecule has 2 fully saturated rings. The van der Waals surface area contributed by atoms with Crippen LogP contribution in [0.1, 0.15) is 75.3 Å². The van der Waals surface area contributed by atoms with Crippen LogP contribution in [-0.2, 0) is 6.42 Å². The van der Waals surface area contributed by atoms with E-state index in [-0.39, 0.29) is 41.8 Å². The van der Waals surface area contributed by atoms with Gasteiger partial charge in [-0.2, -0.15) is 30.7 Å². The number of aliphatic hydroxyl groups excluding tert-OH is 2. The molecule has 0 aliphatic heterocycles. The van der Waals surface area contributed by atoms with Crippen molar-refractivity contribution in [2.75, 3.05) is 0 Å². The van der Waals surface area contributed by atoms with Crippen molar-refractivity contribution in [3.8, 4) is 5.75 Å². The Hall–Kier alpha value is -1.81. The molecule has 0 unspecified atom stereocenters. The fourth-order valence-corrected chi connectivity index (χ4v) is 8.02. The Labute approximate surface area is 217 Å². The lowest BCUT2D eigenvalue weighted by molar-refractivity contribution is -0.371. The molecule has 0 heterocycles. The highest BCUT2D eigenvalue weighted by Gasteiger charge is 2.75. The summed E-state index contributed by atoms with van der Waals surface area (Å²) < 4.78 is 91.8. The molecule has 0 aromatic heterocycles. The smallest absolute Gasteiger partial charge is 0.459 e. The van der Waals surface area contributed by atoms with Crippen LogP contribution < -0.4 is 0 Å². The van der Waals surface area contributed by atoms with Gasteiger partial charge in [0, 0.05) is 0 Å². The Balaban J connectivity index is 1.55. The highest BCUT2D eigenvalue weighted by atomic mass is 19.4. The molecule has 0 spiro atoms. The van der Waals surface area contributed by atoms with Crippen molar-refractivity contribution in [2.45, 2.75) is 101 Å². The van der Waals surface area contributed by atoms with E-state index >= 15 is 0 Å². The first-order valence-electron chi connectivity index (χ1n) is 13.2. The van der Waals surface area contributed by atoms with E-state index in [1.54, 1.807) is 12.1 Å². The summed E-state index contributed by atoms with van der Waals surface area (Å²) in [5, 5.41) is 30.6. The van der Waals surface area contributed by atoms with E-state index in [2.05, 4.69) is 13.5 Å².